The summed E-state index contributed by atoms with van der Waals surface area (Å²) < 4.78 is 2.46. The van der Waals surface area contributed by atoms with E-state index in [4.69, 9.17) is 4.98 Å². The first-order chi connectivity index (χ1) is 11.2. The molecule has 2 fully saturated rings. The van der Waals surface area contributed by atoms with Gasteiger partial charge in [0.1, 0.15) is 11.3 Å². The van der Waals surface area contributed by atoms with Crippen LogP contribution in [-0.2, 0) is 6.42 Å². The van der Waals surface area contributed by atoms with E-state index in [2.05, 4.69) is 39.5 Å². The largest absolute Gasteiger partial charge is 0.308 e. The smallest absolute Gasteiger partial charge is 0.160 e. The van der Waals surface area contributed by atoms with E-state index in [0.29, 0.717) is 6.04 Å². The minimum absolute atomic E-state index is 0.516. The van der Waals surface area contributed by atoms with Crippen LogP contribution in [0.25, 0.3) is 11.2 Å². The average molecular weight is 313 g/mol. The molecule has 0 radical (unpaired) electrons. The van der Waals surface area contributed by atoms with Gasteiger partial charge in [-0.3, -0.25) is 0 Å². The number of fused-ring (bicyclic) bond motifs is 1. The second kappa shape index (κ2) is 6.21. The van der Waals surface area contributed by atoms with Crippen LogP contribution in [0.4, 0.5) is 0 Å². The van der Waals surface area contributed by atoms with Crippen LogP contribution in [0.5, 0.6) is 0 Å². The molecule has 4 heterocycles. The molecule has 2 aromatic heterocycles. The van der Waals surface area contributed by atoms with Crippen molar-refractivity contribution in [2.45, 2.75) is 31.7 Å². The van der Waals surface area contributed by atoms with Gasteiger partial charge in [0, 0.05) is 31.7 Å². The van der Waals surface area contributed by atoms with Gasteiger partial charge in [-0.25, -0.2) is 9.97 Å². The summed E-state index contributed by atoms with van der Waals surface area (Å²) in [6.45, 7) is 4.73. The number of likely N-dealkylation sites (N-methyl/N-ethyl adjacent to an activating group) is 1. The van der Waals surface area contributed by atoms with Crippen LogP contribution >= 0.6 is 0 Å². The van der Waals surface area contributed by atoms with Gasteiger partial charge in [0.15, 0.2) is 5.65 Å². The number of rotatable bonds is 3. The summed E-state index contributed by atoms with van der Waals surface area (Å²) in [6, 6.07) is 4.62. The second-order valence-corrected chi connectivity index (χ2v) is 7.42. The Kier molecular flexibility index (Phi) is 4.07. The number of hydrogen-bond donors (Lipinski definition) is 0. The van der Waals surface area contributed by atoms with E-state index in [1.807, 2.05) is 12.3 Å². The van der Waals surface area contributed by atoms with Gasteiger partial charge in [0.25, 0.3) is 0 Å². The van der Waals surface area contributed by atoms with Gasteiger partial charge in [-0.15, -0.1) is 0 Å². The fourth-order valence-corrected chi connectivity index (χ4v) is 4.31. The van der Waals surface area contributed by atoms with Crippen LogP contribution < -0.4 is 0 Å². The number of nitrogens with zero attached hydrogens (tertiary/aromatic N) is 5. The second-order valence-electron chi connectivity index (χ2n) is 7.42. The topological polar surface area (TPSA) is 37.2 Å². The Morgan fingerprint density at radius 1 is 1.13 bits per heavy atom. The highest BCUT2D eigenvalue weighted by atomic mass is 15.2. The lowest BCUT2D eigenvalue weighted by Crippen LogP contribution is -2.34. The van der Waals surface area contributed by atoms with Crippen molar-refractivity contribution < 1.29 is 0 Å². The zero-order valence-electron chi connectivity index (χ0n) is 14.3. The fourth-order valence-electron chi connectivity index (χ4n) is 4.31. The molecule has 5 heteroatoms. The van der Waals surface area contributed by atoms with Crippen molar-refractivity contribution in [1.29, 1.82) is 0 Å². The maximum Gasteiger partial charge on any atom is 0.160 e. The summed E-state index contributed by atoms with van der Waals surface area (Å²) in [5.41, 5.74) is 2.14. The molecule has 23 heavy (non-hydrogen) atoms. The van der Waals surface area contributed by atoms with Crippen molar-refractivity contribution in [1.82, 2.24) is 24.3 Å². The Labute approximate surface area is 138 Å². The molecule has 0 aromatic carbocycles. The zero-order chi connectivity index (χ0) is 15.8. The summed E-state index contributed by atoms with van der Waals surface area (Å²) in [7, 11) is 4.45. The third-order valence-electron chi connectivity index (χ3n) is 5.45. The molecular formula is C18H27N5. The molecule has 2 atom stereocenters. The molecule has 5 nitrogen and oxygen atoms in total. The van der Waals surface area contributed by atoms with Crippen molar-refractivity contribution in [2.24, 2.45) is 5.92 Å². The summed E-state index contributed by atoms with van der Waals surface area (Å²) in [6.07, 6.45) is 6.78. The minimum Gasteiger partial charge on any atom is -0.308 e. The van der Waals surface area contributed by atoms with Crippen LogP contribution in [0.3, 0.4) is 0 Å². The monoisotopic (exact) mass is 313 g/mol. The number of piperidine rings is 1. The van der Waals surface area contributed by atoms with Gasteiger partial charge >= 0.3 is 0 Å². The molecule has 0 saturated carbocycles. The van der Waals surface area contributed by atoms with Crippen LogP contribution in [-0.4, -0.2) is 64.6 Å². The summed E-state index contributed by atoms with van der Waals surface area (Å²) in [4.78, 5) is 14.5. The molecule has 0 bridgehead atoms. The average Bonchev–Trinajstić information content (AvgIpc) is 3.10. The maximum absolute atomic E-state index is 4.96. The molecule has 2 saturated heterocycles. The highest BCUT2D eigenvalue weighted by molar-refractivity contribution is 5.71. The van der Waals surface area contributed by atoms with Crippen molar-refractivity contribution in [3.63, 3.8) is 0 Å². The molecule has 2 unspecified atom stereocenters. The third kappa shape index (κ3) is 3.00. The van der Waals surface area contributed by atoms with E-state index in [1.165, 1.54) is 44.7 Å². The summed E-state index contributed by atoms with van der Waals surface area (Å²) in [5.74, 6) is 1.98. The van der Waals surface area contributed by atoms with Crippen molar-refractivity contribution >= 4 is 11.2 Å². The molecule has 0 amide bonds. The van der Waals surface area contributed by atoms with E-state index in [9.17, 15) is 0 Å². The van der Waals surface area contributed by atoms with E-state index >= 15 is 0 Å². The number of likely N-dealkylation sites (tertiary alicyclic amines) is 2. The van der Waals surface area contributed by atoms with Gasteiger partial charge in [0.05, 0.1) is 0 Å². The fraction of sp³-hybridized carbons (Fsp3) is 0.667. The third-order valence-corrected chi connectivity index (χ3v) is 5.45. The number of aromatic nitrogens is 3. The van der Waals surface area contributed by atoms with Crippen LogP contribution in [0.15, 0.2) is 18.3 Å². The Bertz CT molecular complexity index is 679. The lowest BCUT2D eigenvalue weighted by molar-refractivity contribution is 0.211. The van der Waals surface area contributed by atoms with Gasteiger partial charge < -0.3 is 14.4 Å². The Balaban J connectivity index is 1.69. The standard InChI is InChI=1S/C18H27N5/c1-21-9-4-5-15(13-21)23-17(11-14-7-10-22(2)12-14)20-16-6-3-8-19-18(16)23/h3,6,8,14-15H,4-5,7,9-13H2,1-2H3. The predicted octanol–water partition coefficient (Wildman–Crippen LogP) is 2.19. The van der Waals surface area contributed by atoms with E-state index < -0.39 is 0 Å². The quantitative estimate of drug-likeness (QED) is 0.870. The first kappa shape index (κ1) is 15.1. The lowest BCUT2D eigenvalue weighted by atomic mass is 10.0. The molecule has 0 N–H and O–H groups in total. The van der Waals surface area contributed by atoms with Crippen molar-refractivity contribution in [3.05, 3.63) is 24.2 Å². The molecule has 0 spiro atoms. The molecule has 0 aliphatic carbocycles. The van der Waals surface area contributed by atoms with Crippen LogP contribution in [0, 0.1) is 5.92 Å². The van der Waals surface area contributed by atoms with E-state index in [0.717, 1.165) is 30.0 Å². The van der Waals surface area contributed by atoms with Gasteiger partial charge in [0.2, 0.25) is 0 Å². The van der Waals surface area contributed by atoms with Crippen LogP contribution in [0.2, 0.25) is 0 Å². The van der Waals surface area contributed by atoms with Gasteiger partial charge in [-0.1, -0.05) is 0 Å². The summed E-state index contributed by atoms with van der Waals surface area (Å²) >= 11 is 0. The predicted molar refractivity (Wildman–Crippen MR) is 92.6 cm³/mol. The normalized spacial score (nSPS) is 27.0. The molecule has 124 valence electrons. The molecular weight excluding hydrogens is 286 g/mol. The Hall–Kier alpha value is -1.46. The van der Waals surface area contributed by atoms with Crippen molar-refractivity contribution in [3.8, 4) is 0 Å². The summed E-state index contributed by atoms with van der Waals surface area (Å²) in [5, 5.41) is 0. The Morgan fingerprint density at radius 2 is 2.00 bits per heavy atom. The molecule has 4 rings (SSSR count). The highest BCUT2D eigenvalue weighted by Crippen LogP contribution is 2.29. The first-order valence-electron chi connectivity index (χ1n) is 8.89. The molecule has 2 aromatic rings. The van der Waals surface area contributed by atoms with E-state index in [1.54, 1.807) is 0 Å². The molecule has 2 aliphatic rings. The number of hydrogen-bond acceptors (Lipinski definition) is 4. The van der Waals surface area contributed by atoms with Gasteiger partial charge in [-0.05, 0) is 64.5 Å². The molecule has 2 aliphatic heterocycles. The number of imidazole rings is 1. The first-order valence-corrected chi connectivity index (χ1v) is 8.89. The number of pyridine rings is 1. The SMILES string of the molecule is CN1CCC(Cc2nc3cccnc3n2C2CCCN(C)C2)C1. The zero-order valence-corrected chi connectivity index (χ0v) is 14.3. The van der Waals surface area contributed by atoms with Crippen molar-refractivity contribution in [2.75, 3.05) is 40.3 Å². The van der Waals surface area contributed by atoms with E-state index in [-0.39, 0.29) is 0 Å². The Morgan fingerprint density at radius 3 is 2.78 bits per heavy atom. The maximum atomic E-state index is 4.96. The highest BCUT2D eigenvalue weighted by Gasteiger charge is 2.27. The van der Waals surface area contributed by atoms with Gasteiger partial charge in [-0.2, -0.15) is 0 Å². The van der Waals surface area contributed by atoms with Crippen LogP contribution in [0.1, 0.15) is 31.1 Å². The minimum atomic E-state index is 0.516. The lowest BCUT2D eigenvalue weighted by Gasteiger charge is -2.31.